The van der Waals surface area contributed by atoms with Gasteiger partial charge in [-0.15, -0.1) is 0 Å². The van der Waals surface area contributed by atoms with E-state index in [1.54, 1.807) is 6.21 Å². The molecule has 0 saturated carbocycles. The van der Waals surface area contributed by atoms with Crippen LogP contribution in [0.2, 0.25) is 0 Å². The third-order valence-corrected chi connectivity index (χ3v) is 4.22. The summed E-state index contributed by atoms with van der Waals surface area (Å²) in [6, 6.07) is 9.03. The lowest BCUT2D eigenvalue weighted by atomic mass is 10.1. The number of carbonyl (C=O) groups is 1. The number of hydrazone groups is 1. The maximum atomic E-state index is 12.1. The Labute approximate surface area is 160 Å². The van der Waals surface area contributed by atoms with Crippen LogP contribution in [-0.4, -0.2) is 22.1 Å². The van der Waals surface area contributed by atoms with Crippen molar-refractivity contribution in [2.75, 3.05) is 0 Å². The summed E-state index contributed by atoms with van der Waals surface area (Å²) in [5.74, 6) is 0.500. The number of benzene rings is 1. The van der Waals surface area contributed by atoms with Gasteiger partial charge in [-0.25, -0.2) is 5.43 Å². The van der Waals surface area contributed by atoms with Crippen molar-refractivity contribution in [1.29, 1.82) is 0 Å². The number of amides is 1. The van der Waals surface area contributed by atoms with Crippen LogP contribution in [-0.2, 0) is 17.6 Å². The van der Waals surface area contributed by atoms with Crippen LogP contribution >= 0.6 is 12.2 Å². The monoisotopic (exact) mass is 384 g/mol. The Bertz CT molecular complexity index is 1070. The van der Waals surface area contributed by atoms with E-state index in [9.17, 15) is 9.59 Å². The van der Waals surface area contributed by atoms with E-state index in [1.165, 1.54) is 6.07 Å². The van der Waals surface area contributed by atoms with Gasteiger partial charge in [0, 0.05) is 29.1 Å². The second-order valence-electron chi connectivity index (χ2n) is 6.12. The highest BCUT2D eigenvalue weighted by atomic mass is 32.1. The van der Waals surface area contributed by atoms with E-state index < -0.39 is 0 Å². The number of aryl methyl sites for hydroxylation is 1. The highest BCUT2D eigenvalue weighted by Gasteiger charge is 2.12. The zero-order valence-electron chi connectivity index (χ0n) is 14.9. The predicted octanol–water partition coefficient (Wildman–Crippen LogP) is 3.21. The van der Waals surface area contributed by atoms with Crippen LogP contribution in [0, 0.1) is 4.77 Å². The molecular formula is C19H20N4O3S. The fourth-order valence-corrected chi connectivity index (χ4v) is 3.01. The van der Waals surface area contributed by atoms with Crippen molar-refractivity contribution < 1.29 is 9.21 Å². The number of unbranched alkanes of at least 4 members (excludes halogenated alkanes) is 1. The Morgan fingerprint density at radius 2 is 2.15 bits per heavy atom. The number of carbonyl (C=O) groups excluding carboxylic acids is 1. The number of nitrogens with one attached hydrogen (secondary N) is 3. The van der Waals surface area contributed by atoms with Gasteiger partial charge >= 0.3 is 0 Å². The Morgan fingerprint density at radius 3 is 2.93 bits per heavy atom. The van der Waals surface area contributed by atoms with Gasteiger partial charge in [-0.3, -0.25) is 14.6 Å². The summed E-state index contributed by atoms with van der Waals surface area (Å²) in [7, 11) is 0. The Kier molecular flexibility index (Phi) is 5.97. The predicted molar refractivity (Wildman–Crippen MR) is 107 cm³/mol. The van der Waals surface area contributed by atoms with Gasteiger partial charge < -0.3 is 9.40 Å². The van der Waals surface area contributed by atoms with Gasteiger partial charge in [0.25, 0.3) is 5.56 Å². The van der Waals surface area contributed by atoms with Crippen molar-refractivity contribution in [1.82, 2.24) is 15.4 Å². The first-order valence-corrected chi connectivity index (χ1v) is 9.12. The summed E-state index contributed by atoms with van der Waals surface area (Å²) < 4.78 is 6.10. The minimum Gasteiger partial charge on any atom is -0.460 e. The molecule has 0 spiro atoms. The fourth-order valence-electron chi connectivity index (χ4n) is 2.78. The van der Waals surface area contributed by atoms with Crippen LogP contribution in [0.4, 0.5) is 0 Å². The smallest absolute Gasteiger partial charge is 0.251 e. The maximum absolute atomic E-state index is 12.1. The van der Waals surface area contributed by atoms with Crippen molar-refractivity contribution in [3.63, 3.8) is 0 Å². The third-order valence-electron chi connectivity index (χ3n) is 4.02. The summed E-state index contributed by atoms with van der Waals surface area (Å²) in [4.78, 5) is 28.7. The fraction of sp³-hybridized carbons (Fsp3) is 0.263. The lowest BCUT2D eigenvalue weighted by Gasteiger charge is -2.01. The standard InChI is InChI=1S/C19H20N4O3S/c1-2-3-7-16-14(13-6-4-5-8-15(13)26-16)11-20-23-18(25)10-12-9-17(24)22-19(27)21-12/h4-6,8-9,11H,2-3,7,10H2,1H3,(H,23,25)(H2,21,22,24,27)/b20-11-. The maximum Gasteiger partial charge on any atom is 0.251 e. The van der Waals surface area contributed by atoms with Crippen LogP contribution < -0.4 is 11.0 Å². The molecule has 8 heteroatoms. The third kappa shape index (κ3) is 4.79. The normalized spacial score (nSPS) is 11.3. The van der Waals surface area contributed by atoms with Gasteiger partial charge in [0.05, 0.1) is 12.6 Å². The summed E-state index contributed by atoms with van der Waals surface area (Å²) in [5, 5.41) is 5.02. The molecule has 7 nitrogen and oxygen atoms in total. The van der Waals surface area contributed by atoms with Crippen molar-refractivity contribution in [3.05, 3.63) is 62.5 Å². The number of hydrogen-bond acceptors (Lipinski definition) is 5. The number of para-hydroxylation sites is 1. The lowest BCUT2D eigenvalue weighted by molar-refractivity contribution is -0.120. The second kappa shape index (κ2) is 8.59. The summed E-state index contributed by atoms with van der Waals surface area (Å²) in [6.45, 7) is 2.12. The van der Waals surface area contributed by atoms with Crippen LogP contribution in [0.1, 0.15) is 36.8 Å². The van der Waals surface area contributed by atoms with Crippen LogP contribution in [0.25, 0.3) is 11.0 Å². The molecule has 0 saturated heterocycles. The molecule has 3 rings (SSSR count). The quantitative estimate of drug-likeness (QED) is 0.331. The van der Waals surface area contributed by atoms with Gasteiger partial charge in [-0.2, -0.15) is 5.10 Å². The molecular weight excluding hydrogens is 364 g/mol. The Morgan fingerprint density at radius 1 is 1.33 bits per heavy atom. The van der Waals surface area contributed by atoms with E-state index in [1.807, 2.05) is 24.3 Å². The van der Waals surface area contributed by atoms with Crippen molar-refractivity contribution in [2.45, 2.75) is 32.6 Å². The molecule has 27 heavy (non-hydrogen) atoms. The van der Waals surface area contributed by atoms with Gasteiger partial charge in [-0.1, -0.05) is 31.5 Å². The molecule has 2 aromatic heterocycles. The molecule has 0 radical (unpaired) electrons. The second-order valence-corrected chi connectivity index (χ2v) is 6.53. The van der Waals surface area contributed by atoms with E-state index >= 15 is 0 Å². The summed E-state index contributed by atoms with van der Waals surface area (Å²) in [6.07, 6.45) is 4.45. The number of nitrogens with zero attached hydrogens (tertiary/aromatic N) is 1. The van der Waals surface area contributed by atoms with Crippen LogP contribution in [0.15, 0.2) is 44.6 Å². The number of fused-ring (bicyclic) bond motifs is 1. The zero-order valence-corrected chi connectivity index (χ0v) is 15.7. The first-order valence-electron chi connectivity index (χ1n) is 8.71. The number of rotatable bonds is 7. The van der Waals surface area contributed by atoms with Gasteiger partial charge in [-0.05, 0) is 24.7 Å². The molecule has 0 aliphatic rings. The molecule has 0 aliphatic carbocycles. The Balaban J connectivity index is 1.74. The number of aromatic amines is 2. The van der Waals surface area contributed by atoms with Crippen molar-refractivity contribution >= 4 is 35.3 Å². The van der Waals surface area contributed by atoms with E-state index in [0.29, 0.717) is 5.69 Å². The molecule has 3 aromatic rings. The minimum atomic E-state index is -0.356. The molecule has 2 heterocycles. The molecule has 0 fully saturated rings. The van der Waals surface area contributed by atoms with Gasteiger partial charge in [0.2, 0.25) is 5.91 Å². The Hall–Kier alpha value is -3.00. The highest BCUT2D eigenvalue weighted by Crippen LogP contribution is 2.25. The average Bonchev–Trinajstić information content (AvgIpc) is 2.97. The van der Waals surface area contributed by atoms with E-state index in [-0.39, 0.29) is 22.7 Å². The van der Waals surface area contributed by atoms with Crippen LogP contribution in [0.3, 0.4) is 0 Å². The largest absolute Gasteiger partial charge is 0.460 e. The topological polar surface area (TPSA) is 103 Å². The molecule has 0 unspecified atom stereocenters. The summed E-state index contributed by atoms with van der Waals surface area (Å²) >= 11 is 4.89. The SMILES string of the molecule is CCCCc1oc2ccccc2c1/C=N\NC(=O)Cc1cc(=O)[nH]c(=S)[nH]1. The molecule has 1 amide bonds. The molecule has 140 valence electrons. The summed E-state index contributed by atoms with van der Waals surface area (Å²) in [5.41, 5.74) is 4.22. The molecule has 0 bridgehead atoms. The lowest BCUT2D eigenvalue weighted by Crippen LogP contribution is -2.21. The number of hydrogen-bond donors (Lipinski definition) is 3. The van der Waals surface area contributed by atoms with Crippen molar-refractivity contribution in [2.24, 2.45) is 5.10 Å². The van der Waals surface area contributed by atoms with E-state index in [2.05, 4.69) is 27.4 Å². The molecule has 3 N–H and O–H groups in total. The average molecular weight is 384 g/mol. The first kappa shape index (κ1) is 18.8. The van der Waals surface area contributed by atoms with Crippen LogP contribution in [0.5, 0.6) is 0 Å². The van der Waals surface area contributed by atoms with E-state index in [4.69, 9.17) is 16.6 Å². The zero-order chi connectivity index (χ0) is 19.2. The van der Waals surface area contributed by atoms with Gasteiger partial charge in [0.1, 0.15) is 11.3 Å². The highest BCUT2D eigenvalue weighted by molar-refractivity contribution is 7.71. The van der Waals surface area contributed by atoms with Crippen molar-refractivity contribution in [3.8, 4) is 0 Å². The molecule has 0 aliphatic heterocycles. The molecule has 1 aromatic carbocycles. The first-order chi connectivity index (χ1) is 13.1. The number of furan rings is 1. The van der Waals surface area contributed by atoms with E-state index in [0.717, 1.165) is 41.6 Å². The minimum absolute atomic E-state index is 0.0280. The number of aromatic nitrogens is 2. The van der Waals surface area contributed by atoms with Gasteiger partial charge in [0.15, 0.2) is 4.77 Å². The number of H-pyrrole nitrogens is 2. The molecule has 0 atom stereocenters.